The molecule has 206 valence electrons. The van der Waals surface area contributed by atoms with Gasteiger partial charge in [0.1, 0.15) is 18.2 Å². The van der Waals surface area contributed by atoms with E-state index >= 15 is 0 Å². The van der Waals surface area contributed by atoms with Gasteiger partial charge in [0.05, 0.1) is 18.5 Å². The molecule has 2 fully saturated rings. The summed E-state index contributed by atoms with van der Waals surface area (Å²) in [7, 11) is 2.04. The second-order valence-corrected chi connectivity index (χ2v) is 11.5. The lowest BCUT2D eigenvalue weighted by Gasteiger charge is -2.41. The molecular weight excluding hydrogens is 478 g/mol. The van der Waals surface area contributed by atoms with Gasteiger partial charge in [0.2, 0.25) is 11.8 Å². The molecule has 4 heterocycles. The van der Waals surface area contributed by atoms with Crippen LogP contribution in [0, 0.1) is 11.3 Å². The SMILES string of the molecule is Cn1ccnc1CC1CCN(C(=O)CN2CCC3(CCCCc4ccccc4OCCNC3=O)CC2)CC1. The quantitative estimate of drug-likeness (QED) is 0.669. The van der Waals surface area contributed by atoms with Gasteiger partial charge in [-0.2, -0.15) is 0 Å². The van der Waals surface area contributed by atoms with Crippen LogP contribution in [-0.4, -0.2) is 77.0 Å². The standard InChI is InChI=1S/C30H43N5O3/c1-33-20-14-31-27(33)22-24-9-16-35(17-10-24)28(36)23-34-18-12-30(13-19-34)11-5-4-7-25-6-2-3-8-26(25)38-21-15-32-29(30)37/h2-3,6,8,14,20,24H,4-5,7,9-13,15-19,21-23H2,1H3,(H,32,37). The molecule has 1 aromatic carbocycles. The molecule has 1 aromatic heterocycles. The minimum Gasteiger partial charge on any atom is -0.491 e. The number of benzene rings is 1. The van der Waals surface area contributed by atoms with Crippen LogP contribution in [0.3, 0.4) is 0 Å². The molecule has 0 aliphatic carbocycles. The molecule has 0 unspecified atom stereocenters. The maximum Gasteiger partial charge on any atom is 0.236 e. The van der Waals surface area contributed by atoms with Gasteiger partial charge in [-0.3, -0.25) is 14.5 Å². The van der Waals surface area contributed by atoms with Crippen molar-refractivity contribution in [2.75, 3.05) is 45.9 Å². The number of likely N-dealkylation sites (tertiary alicyclic amines) is 2. The maximum absolute atomic E-state index is 13.3. The van der Waals surface area contributed by atoms with Crippen molar-refractivity contribution in [2.45, 2.75) is 57.8 Å². The number of para-hydroxylation sites is 1. The van der Waals surface area contributed by atoms with Gasteiger partial charge in [0.25, 0.3) is 0 Å². The zero-order chi connectivity index (χ0) is 26.4. The van der Waals surface area contributed by atoms with Crippen molar-refractivity contribution in [3.05, 3.63) is 48.0 Å². The van der Waals surface area contributed by atoms with Gasteiger partial charge in [0.15, 0.2) is 0 Å². The summed E-state index contributed by atoms with van der Waals surface area (Å²) in [5, 5.41) is 3.16. The molecule has 0 radical (unpaired) electrons. The van der Waals surface area contributed by atoms with Crippen LogP contribution in [0.2, 0.25) is 0 Å². The zero-order valence-electron chi connectivity index (χ0n) is 22.9. The summed E-state index contributed by atoms with van der Waals surface area (Å²) in [6.45, 7) is 4.73. The molecule has 8 heteroatoms. The number of fused-ring (bicyclic) bond motifs is 1. The Labute approximate surface area is 226 Å². The van der Waals surface area contributed by atoms with Crippen LogP contribution < -0.4 is 10.1 Å². The highest BCUT2D eigenvalue weighted by atomic mass is 16.5. The third-order valence-electron chi connectivity index (χ3n) is 8.98. The lowest BCUT2D eigenvalue weighted by Crippen LogP contribution is -2.52. The fourth-order valence-electron chi connectivity index (χ4n) is 6.40. The van der Waals surface area contributed by atoms with Gasteiger partial charge >= 0.3 is 0 Å². The fourth-order valence-corrected chi connectivity index (χ4v) is 6.40. The Morgan fingerprint density at radius 1 is 1.11 bits per heavy atom. The van der Waals surface area contributed by atoms with E-state index in [1.807, 2.05) is 36.5 Å². The predicted molar refractivity (Wildman–Crippen MR) is 147 cm³/mol. The molecular formula is C30H43N5O3. The number of hydrogen-bond donors (Lipinski definition) is 1. The van der Waals surface area contributed by atoms with Gasteiger partial charge in [-0.05, 0) is 75.6 Å². The Kier molecular flexibility index (Phi) is 8.67. The summed E-state index contributed by atoms with van der Waals surface area (Å²) in [6, 6.07) is 8.24. The highest BCUT2D eigenvalue weighted by Crippen LogP contribution is 2.38. The molecule has 2 saturated heterocycles. The number of piperidine rings is 2. The smallest absolute Gasteiger partial charge is 0.236 e. The summed E-state index contributed by atoms with van der Waals surface area (Å²) < 4.78 is 8.06. The number of carbonyl (C=O) groups excluding carboxylic acids is 2. The number of ether oxygens (including phenoxy) is 1. The van der Waals surface area contributed by atoms with E-state index < -0.39 is 0 Å². The summed E-state index contributed by atoms with van der Waals surface area (Å²) >= 11 is 0. The number of carbonyl (C=O) groups is 2. The molecule has 2 aromatic rings. The Morgan fingerprint density at radius 3 is 2.66 bits per heavy atom. The van der Waals surface area contributed by atoms with E-state index in [9.17, 15) is 9.59 Å². The minimum atomic E-state index is -0.332. The summed E-state index contributed by atoms with van der Waals surface area (Å²) in [6.07, 6.45) is 12.5. The number of imidazole rings is 1. The second kappa shape index (κ2) is 12.3. The summed E-state index contributed by atoms with van der Waals surface area (Å²) in [4.78, 5) is 35.2. The summed E-state index contributed by atoms with van der Waals surface area (Å²) in [5.41, 5.74) is 0.921. The Morgan fingerprint density at radius 2 is 1.89 bits per heavy atom. The van der Waals surface area contributed by atoms with Crippen molar-refractivity contribution < 1.29 is 14.3 Å². The lowest BCUT2D eigenvalue weighted by molar-refractivity contribution is -0.137. The molecule has 3 aliphatic heterocycles. The number of aryl methyl sites for hydroxylation is 2. The average Bonchev–Trinajstić information content (AvgIpc) is 3.34. The summed E-state index contributed by atoms with van der Waals surface area (Å²) in [5.74, 6) is 3.05. The van der Waals surface area contributed by atoms with E-state index in [4.69, 9.17) is 4.74 Å². The first-order chi connectivity index (χ1) is 18.5. The molecule has 1 N–H and O–H groups in total. The first-order valence-corrected chi connectivity index (χ1v) is 14.5. The monoisotopic (exact) mass is 521 g/mol. The Hall–Kier alpha value is -2.87. The molecule has 38 heavy (non-hydrogen) atoms. The van der Waals surface area contributed by atoms with Gasteiger partial charge in [0, 0.05) is 39.0 Å². The van der Waals surface area contributed by atoms with Crippen LogP contribution in [-0.2, 0) is 29.5 Å². The number of hydrogen-bond acceptors (Lipinski definition) is 5. The third-order valence-corrected chi connectivity index (χ3v) is 8.98. The van der Waals surface area contributed by atoms with E-state index in [0.29, 0.717) is 25.6 Å². The van der Waals surface area contributed by atoms with Gasteiger partial charge in [-0.25, -0.2) is 4.98 Å². The van der Waals surface area contributed by atoms with Crippen molar-refractivity contribution in [1.29, 1.82) is 0 Å². The van der Waals surface area contributed by atoms with Crippen LogP contribution in [0.1, 0.15) is 56.3 Å². The van der Waals surface area contributed by atoms with Crippen molar-refractivity contribution in [1.82, 2.24) is 24.7 Å². The van der Waals surface area contributed by atoms with Gasteiger partial charge in [-0.1, -0.05) is 24.6 Å². The van der Waals surface area contributed by atoms with Crippen LogP contribution in [0.15, 0.2) is 36.7 Å². The molecule has 5 rings (SSSR count). The highest BCUT2D eigenvalue weighted by Gasteiger charge is 2.41. The van der Waals surface area contributed by atoms with Crippen molar-refractivity contribution >= 4 is 11.8 Å². The number of amides is 2. The van der Waals surface area contributed by atoms with E-state index in [-0.39, 0.29) is 17.2 Å². The third kappa shape index (κ3) is 6.40. The highest BCUT2D eigenvalue weighted by molar-refractivity contribution is 5.83. The zero-order valence-corrected chi connectivity index (χ0v) is 22.9. The van der Waals surface area contributed by atoms with Crippen LogP contribution in [0.25, 0.3) is 0 Å². The Bertz CT molecular complexity index is 1080. The molecule has 1 spiro atoms. The molecule has 0 saturated carbocycles. The van der Waals surface area contributed by atoms with Crippen molar-refractivity contribution in [3.8, 4) is 5.75 Å². The first-order valence-electron chi connectivity index (χ1n) is 14.5. The van der Waals surface area contributed by atoms with Crippen molar-refractivity contribution in [3.63, 3.8) is 0 Å². The second-order valence-electron chi connectivity index (χ2n) is 11.5. The van der Waals surface area contributed by atoms with Gasteiger partial charge in [-0.15, -0.1) is 0 Å². The fraction of sp³-hybridized carbons (Fsp3) is 0.633. The largest absolute Gasteiger partial charge is 0.491 e. The van der Waals surface area contributed by atoms with E-state index in [0.717, 1.165) is 95.5 Å². The van der Waals surface area contributed by atoms with E-state index in [2.05, 4.69) is 31.9 Å². The van der Waals surface area contributed by atoms with E-state index in [1.165, 1.54) is 5.56 Å². The van der Waals surface area contributed by atoms with E-state index in [1.54, 1.807) is 0 Å². The number of rotatable bonds is 4. The van der Waals surface area contributed by atoms with Crippen LogP contribution in [0.5, 0.6) is 5.75 Å². The van der Waals surface area contributed by atoms with Crippen LogP contribution >= 0.6 is 0 Å². The minimum absolute atomic E-state index is 0.163. The van der Waals surface area contributed by atoms with Crippen molar-refractivity contribution in [2.24, 2.45) is 18.4 Å². The first kappa shape index (κ1) is 26.7. The molecule has 8 nitrogen and oxygen atoms in total. The van der Waals surface area contributed by atoms with Crippen LogP contribution in [0.4, 0.5) is 0 Å². The molecule has 3 aliphatic rings. The lowest BCUT2D eigenvalue weighted by atomic mass is 9.73. The molecule has 2 amide bonds. The normalized spacial score (nSPS) is 21.6. The van der Waals surface area contributed by atoms with Gasteiger partial charge < -0.3 is 19.5 Å². The topological polar surface area (TPSA) is 79.7 Å². The number of nitrogens with zero attached hydrogens (tertiary/aromatic N) is 4. The predicted octanol–water partition coefficient (Wildman–Crippen LogP) is 3.21. The molecule has 0 atom stereocenters. The Balaban J connectivity index is 1.09. The molecule has 0 bridgehead atoms. The number of aromatic nitrogens is 2. The maximum atomic E-state index is 13.3. The number of nitrogens with one attached hydrogen (secondary N) is 1. The average molecular weight is 522 g/mol.